The minimum absolute atomic E-state index is 0.115. The van der Waals surface area contributed by atoms with Crippen LogP contribution in [0.15, 0.2) is 18.2 Å². The second-order valence-electron chi connectivity index (χ2n) is 4.57. The van der Waals surface area contributed by atoms with E-state index < -0.39 is 0 Å². The normalized spacial score (nSPS) is 11.3. The van der Waals surface area contributed by atoms with E-state index in [-0.39, 0.29) is 16.1 Å². The van der Waals surface area contributed by atoms with Gasteiger partial charge in [-0.15, -0.1) is 0 Å². The molecule has 1 rings (SSSR count). The molecule has 0 saturated heterocycles. The fourth-order valence-electron chi connectivity index (χ4n) is 1.95. The highest BCUT2D eigenvalue weighted by Gasteiger charge is 2.24. The smallest absolute Gasteiger partial charge is 0.269 e. The molecule has 0 aliphatic heterocycles. The lowest BCUT2D eigenvalue weighted by Gasteiger charge is -2.33. The molecule has 0 spiro atoms. The van der Waals surface area contributed by atoms with Gasteiger partial charge in [0.25, 0.3) is 5.69 Å². The van der Waals surface area contributed by atoms with Crippen LogP contribution in [0.5, 0.6) is 0 Å². The zero-order valence-corrected chi connectivity index (χ0v) is 11.2. The van der Waals surface area contributed by atoms with Crippen LogP contribution >= 0.6 is 0 Å². The molecule has 0 aromatic heterocycles. The molecule has 0 fully saturated rings. The van der Waals surface area contributed by atoms with E-state index in [1.807, 2.05) is 6.92 Å². The lowest BCUT2D eigenvalue weighted by atomic mass is 9.92. The minimum atomic E-state index is -0.382. The number of non-ortho nitro benzene ring substituents is 1. The molecule has 0 aliphatic rings. The molecule has 0 amide bonds. The van der Waals surface area contributed by atoms with Gasteiger partial charge in [0, 0.05) is 29.9 Å². The van der Waals surface area contributed by atoms with Gasteiger partial charge in [0.2, 0.25) is 0 Å². The Balaban J connectivity index is 3.01. The first kappa shape index (κ1) is 14.4. The number of hydrogen-bond acceptors (Lipinski definition) is 4. The summed E-state index contributed by atoms with van der Waals surface area (Å²) in [6.45, 7) is 6.58. The van der Waals surface area contributed by atoms with Crippen molar-refractivity contribution in [3.8, 4) is 0 Å². The van der Waals surface area contributed by atoms with E-state index in [1.54, 1.807) is 12.1 Å². The van der Waals surface area contributed by atoms with Gasteiger partial charge in [-0.25, -0.2) is 0 Å². The number of benzene rings is 1. The highest BCUT2D eigenvalue weighted by atomic mass is 16.6. The van der Waals surface area contributed by atoms with E-state index in [0.29, 0.717) is 6.54 Å². The van der Waals surface area contributed by atoms with Crippen LogP contribution in [-0.4, -0.2) is 17.0 Å². The van der Waals surface area contributed by atoms with Crippen LogP contribution in [0.4, 0.5) is 11.4 Å². The quantitative estimate of drug-likeness (QED) is 0.601. The third-order valence-electron chi connectivity index (χ3n) is 3.56. The number of nitrogens with two attached hydrogens (primary N) is 1. The van der Waals surface area contributed by atoms with Gasteiger partial charge in [0.15, 0.2) is 0 Å². The van der Waals surface area contributed by atoms with Crippen LogP contribution in [-0.2, 0) is 0 Å². The molecule has 18 heavy (non-hydrogen) atoms. The summed E-state index contributed by atoms with van der Waals surface area (Å²) >= 11 is 0. The maximum atomic E-state index is 10.7. The van der Waals surface area contributed by atoms with E-state index >= 15 is 0 Å². The summed E-state index contributed by atoms with van der Waals surface area (Å²) in [4.78, 5) is 10.3. The zero-order valence-electron chi connectivity index (χ0n) is 11.2. The molecule has 5 heteroatoms. The Kier molecular flexibility index (Phi) is 4.67. The number of hydrogen-bond donors (Lipinski definition) is 2. The van der Waals surface area contributed by atoms with Crippen molar-refractivity contribution in [2.24, 2.45) is 5.73 Å². The number of nitro benzene ring substituents is 1. The van der Waals surface area contributed by atoms with Gasteiger partial charge in [0.05, 0.1) is 4.92 Å². The topological polar surface area (TPSA) is 81.2 Å². The molecule has 0 radical (unpaired) electrons. The van der Waals surface area contributed by atoms with E-state index in [9.17, 15) is 10.1 Å². The molecule has 1 aromatic carbocycles. The maximum Gasteiger partial charge on any atom is 0.269 e. The van der Waals surface area contributed by atoms with Crippen LogP contribution in [0.25, 0.3) is 0 Å². The highest BCUT2D eigenvalue weighted by molar-refractivity contribution is 5.56. The molecule has 5 nitrogen and oxygen atoms in total. The molecular formula is C13H21N3O2. The molecule has 0 saturated carbocycles. The second-order valence-corrected chi connectivity index (χ2v) is 4.57. The summed E-state index contributed by atoms with van der Waals surface area (Å²) in [7, 11) is 0. The Bertz CT molecular complexity index is 420. The number of nitro groups is 1. The summed E-state index contributed by atoms with van der Waals surface area (Å²) in [5.74, 6) is 0. The lowest BCUT2D eigenvalue weighted by Crippen LogP contribution is -2.44. The van der Waals surface area contributed by atoms with E-state index in [1.165, 1.54) is 6.07 Å². The molecule has 3 N–H and O–H groups in total. The van der Waals surface area contributed by atoms with Gasteiger partial charge in [-0.1, -0.05) is 13.8 Å². The summed E-state index contributed by atoms with van der Waals surface area (Å²) in [6, 6.07) is 4.85. The summed E-state index contributed by atoms with van der Waals surface area (Å²) < 4.78 is 0. The van der Waals surface area contributed by atoms with Crippen LogP contribution in [0, 0.1) is 17.0 Å². The van der Waals surface area contributed by atoms with Crippen molar-refractivity contribution in [3.63, 3.8) is 0 Å². The number of nitrogens with zero attached hydrogens (tertiary/aromatic N) is 1. The number of nitrogens with one attached hydrogen (secondary N) is 1. The summed E-state index contributed by atoms with van der Waals surface area (Å²) in [5.41, 5.74) is 7.59. The Morgan fingerprint density at radius 2 is 2.00 bits per heavy atom. The molecule has 0 atom stereocenters. The van der Waals surface area contributed by atoms with Crippen molar-refractivity contribution < 1.29 is 4.92 Å². The SMILES string of the molecule is CCC(CC)(CN)Nc1ccc([N+](=O)[O-])cc1C. The van der Waals surface area contributed by atoms with Crippen molar-refractivity contribution >= 4 is 11.4 Å². The average molecular weight is 251 g/mol. The van der Waals surface area contributed by atoms with Gasteiger partial charge < -0.3 is 11.1 Å². The van der Waals surface area contributed by atoms with Crippen molar-refractivity contribution in [2.75, 3.05) is 11.9 Å². The van der Waals surface area contributed by atoms with Crippen molar-refractivity contribution in [1.29, 1.82) is 0 Å². The molecule has 0 aliphatic carbocycles. The first-order valence-corrected chi connectivity index (χ1v) is 6.21. The second kappa shape index (κ2) is 5.82. The molecule has 0 heterocycles. The fraction of sp³-hybridized carbons (Fsp3) is 0.538. The standard InChI is InChI=1S/C13H21N3O2/c1-4-13(5-2,9-14)15-12-7-6-11(16(17)18)8-10(12)3/h6-8,15H,4-5,9,14H2,1-3H3. The van der Waals surface area contributed by atoms with Crippen LogP contribution < -0.4 is 11.1 Å². The van der Waals surface area contributed by atoms with Gasteiger partial charge in [-0.3, -0.25) is 10.1 Å². The molecule has 1 aromatic rings. The summed E-state index contributed by atoms with van der Waals surface area (Å²) in [6.07, 6.45) is 1.83. The first-order chi connectivity index (χ1) is 8.48. The number of aryl methyl sites for hydroxylation is 1. The third kappa shape index (κ3) is 2.98. The molecule has 0 unspecified atom stereocenters. The Labute approximate surface area is 108 Å². The summed E-state index contributed by atoms with van der Waals surface area (Å²) in [5, 5.41) is 14.1. The van der Waals surface area contributed by atoms with Crippen molar-refractivity contribution in [1.82, 2.24) is 0 Å². The van der Waals surface area contributed by atoms with Gasteiger partial charge >= 0.3 is 0 Å². The number of rotatable bonds is 6. The third-order valence-corrected chi connectivity index (χ3v) is 3.56. The Morgan fingerprint density at radius 3 is 2.39 bits per heavy atom. The minimum Gasteiger partial charge on any atom is -0.378 e. The van der Waals surface area contributed by atoms with E-state index in [2.05, 4.69) is 19.2 Å². The van der Waals surface area contributed by atoms with Crippen LogP contribution in [0.1, 0.15) is 32.3 Å². The van der Waals surface area contributed by atoms with Gasteiger partial charge in [0.1, 0.15) is 0 Å². The largest absolute Gasteiger partial charge is 0.378 e. The predicted octanol–water partition coefficient (Wildman–Crippen LogP) is 2.83. The first-order valence-electron chi connectivity index (χ1n) is 6.21. The average Bonchev–Trinajstić information content (AvgIpc) is 2.38. The van der Waals surface area contributed by atoms with Gasteiger partial charge in [-0.05, 0) is 31.4 Å². The Hall–Kier alpha value is -1.62. The lowest BCUT2D eigenvalue weighted by molar-refractivity contribution is -0.384. The van der Waals surface area contributed by atoms with E-state index in [0.717, 1.165) is 24.1 Å². The highest BCUT2D eigenvalue weighted by Crippen LogP contribution is 2.26. The fourth-order valence-corrected chi connectivity index (χ4v) is 1.95. The Morgan fingerprint density at radius 1 is 1.39 bits per heavy atom. The predicted molar refractivity (Wildman–Crippen MR) is 73.8 cm³/mol. The van der Waals surface area contributed by atoms with Crippen LogP contribution in [0.3, 0.4) is 0 Å². The zero-order chi connectivity index (χ0) is 13.8. The maximum absolute atomic E-state index is 10.7. The number of anilines is 1. The molecular weight excluding hydrogens is 230 g/mol. The van der Waals surface area contributed by atoms with Crippen LogP contribution in [0.2, 0.25) is 0 Å². The van der Waals surface area contributed by atoms with Crippen molar-refractivity contribution in [3.05, 3.63) is 33.9 Å². The molecule has 0 bridgehead atoms. The van der Waals surface area contributed by atoms with Gasteiger partial charge in [-0.2, -0.15) is 0 Å². The molecule has 100 valence electrons. The van der Waals surface area contributed by atoms with Crippen molar-refractivity contribution in [2.45, 2.75) is 39.2 Å². The van der Waals surface area contributed by atoms with E-state index in [4.69, 9.17) is 5.73 Å². The monoisotopic (exact) mass is 251 g/mol.